The van der Waals surface area contributed by atoms with Crippen LogP contribution in [0.4, 0.5) is 0 Å². The predicted octanol–water partition coefficient (Wildman–Crippen LogP) is 3.80. The average molecular weight is 369 g/mol. The van der Waals surface area contributed by atoms with Crippen LogP contribution in [0.2, 0.25) is 0 Å². The fraction of sp³-hybridized carbons (Fsp3) is 0.364. The molecule has 0 aromatic heterocycles. The van der Waals surface area contributed by atoms with Gasteiger partial charge in [0.2, 0.25) is 0 Å². The summed E-state index contributed by atoms with van der Waals surface area (Å²) in [6.07, 6.45) is 0. The van der Waals surface area contributed by atoms with Gasteiger partial charge < -0.3 is 14.8 Å². The minimum absolute atomic E-state index is 0.184. The van der Waals surface area contributed by atoms with Crippen molar-refractivity contribution in [3.63, 3.8) is 0 Å². The maximum Gasteiger partial charge on any atom is 0.338 e. The first-order valence-electron chi connectivity index (χ1n) is 9.17. The molecule has 5 heteroatoms. The molecule has 2 aromatic carbocycles. The van der Waals surface area contributed by atoms with Gasteiger partial charge in [-0.15, -0.1) is 0 Å². The van der Waals surface area contributed by atoms with Crippen LogP contribution in [0.5, 0.6) is 5.75 Å². The highest BCUT2D eigenvalue weighted by atomic mass is 16.5. The van der Waals surface area contributed by atoms with E-state index in [9.17, 15) is 9.59 Å². The zero-order valence-corrected chi connectivity index (χ0v) is 16.1. The van der Waals surface area contributed by atoms with E-state index >= 15 is 0 Å². The third kappa shape index (κ3) is 7.13. The second kappa shape index (κ2) is 10.4. The summed E-state index contributed by atoms with van der Waals surface area (Å²) in [6.45, 7) is 6.97. The fourth-order valence-electron chi connectivity index (χ4n) is 2.38. The van der Waals surface area contributed by atoms with Gasteiger partial charge in [-0.25, -0.2) is 4.79 Å². The van der Waals surface area contributed by atoms with Gasteiger partial charge in [0, 0.05) is 6.54 Å². The first-order chi connectivity index (χ1) is 13.0. The fourth-order valence-corrected chi connectivity index (χ4v) is 2.38. The van der Waals surface area contributed by atoms with Crippen LogP contribution in [0.3, 0.4) is 0 Å². The standard InChI is InChI=1S/C22H27NO4/c1-16(2)14-26-20-11-9-19(10-12-20)22(25)27-15-21(24)23-13-17(3)18-7-5-4-6-8-18/h4-12,16-17H,13-15H2,1-3H3,(H,23,24)/t17-/m1/s1. The molecule has 1 atom stereocenters. The Bertz CT molecular complexity index is 726. The van der Waals surface area contributed by atoms with Crippen molar-refractivity contribution in [2.75, 3.05) is 19.8 Å². The second-order valence-corrected chi connectivity index (χ2v) is 6.92. The van der Waals surface area contributed by atoms with E-state index < -0.39 is 5.97 Å². The van der Waals surface area contributed by atoms with Gasteiger partial charge in [0.05, 0.1) is 12.2 Å². The zero-order valence-electron chi connectivity index (χ0n) is 16.1. The van der Waals surface area contributed by atoms with E-state index in [1.807, 2.05) is 37.3 Å². The van der Waals surface area contributed by atoms with Crippen LogP contribution in [0, 0.1) is 5.92 Å². The van der Waals surface area contributed by atoms with Gasteiger partial charge in [0.1, 0.15) is 5.75 Å². The number of nitrogens with one attached hydrogen (secondary N) is 1. The molecule has 0 saturated heterocycles. The summed E-state index contributed by atoms with van der Waals surface area (Å²) >= 11 is 0. The van der Waals surface area contributed by atoms with Gasteiger partial charge in [-0.3, -0.25) is 4.79 Å². The van der Waals surface area contributed by atoms with Crippen molar-refractivity contribution in [3.8, 4) is 5.75 Å². The minimum Gasteiger partial charge on any atom is -0.493 e. The van der Waals surface area contributed by atoms with E-state index in [-0.39, 0.29) is 18.4 Å². The van der Waals surface area contributed by atoms with Gasteiger partial charge >= 0.3 is 5.97 Å². The Morgan fingerprint density at radius 3 is 2.26 bits per heavy atom. The van der Waals surface area contributed by atoms with Gasteiger partial charge in [-0.1, -0.05) is 51.1 Å². The van der Waals surface area contributed by atoms with Gasteiger partial charge in [0.25, 0.3) is 5.91 Å². The number of carbonyl (C=O) groups excluding carboxylic acids is 2. The largest absolute Gasteiger partial charge is 0.493 e. The first-order valence-corrected chi connectivity index (χ1v) is 9.17. The van der Waals surface area contributed by atoms with E-state index in [2.05, 4.69) is 19.2 Å². The Hall–Kier alpha value is -2.82. The Balaban J connectivity index is 1.73. The third-order valence-corrected chi connectivity index (χ3v) is 3.98. The highest BCUT2D eigenvalue weighted by Gasteiger charge is 2.12. The summed E-state index contributed by atoms with van der Waals surface area (Å²) in [4.78, 5) is 24.0. The van der Waals surface area contributed by atoms with Crippen molar-refractivity contribution < 1.29 is 19.1 Å². The Labute approximate surface area is 160 Å². The lowest BCUT2D eigenvalue weighted by Gasteiger charge is -2.13. The van der Waals surface area contributed by atoms with Gasteiger partial charge in [-0.2, -0.15) is 0 Å². The zero-order chi connectivity index (χ0) is 19.6. The maximum atomic E-state index is 12.0. The first kappa shape index (κ1) is 20.5. The number of hydrogen-bond acceptors (Lipinski definition) is 4. The maximum absolute atomic E-state index is 12.0. The smallest absolute Gasteiger partial charge is 0.338 e. The Morgan fingerprint density at radius 1 is 0.963 bits per heavy atom. The van der Waals surface area contributed by atoms with Crippen molar-refractivity contribution in [2.24, 2.45) is 5.92 Å². The normalized spacial score (nSPS) is 11.7. The van der Waals surface area contributed by atoms with Crippen LogP contribution < -0.4 is 10.1 Å². The molecule has 1 N–H and O–H groups in total. The lowest BCUT2D eigenvalue weighted by Crippen LogP contribution is -2.31. The molecule has 0 aliphatic rings. The van der Waals surface area contributed by atoms with Crippen LogP contribution in [0.15, 0.2) is 54.6 Å². The highest BCUT2D eigenvalue weighted by Crippen LogP contribution is 2.14. The lowest BCUT2D eigenvalue weighted by molar-refractivity contribution is -0.124. The van der Waals surface area contributed by atoms with Crippen LogP contribution in [-0.2, 0) is 9.53 Å². The second-order valence-electron chi connectivity index (χ2n) is 6.92. The summed E-state index contributed by atoms with van der Waals surface area (Å²) in [5.74, 6) is 0.467. The van der Waals surface area contributed by atoms with Gasteiger partial charge in [-0.05, 0) is 41.7 Å². The summed E-state index contributed by atoms with van der Waals surface area (Å²) < 4.78 is 10.6. The van der Waals surface area contributed by atoms with E-state index in [0.717, 1.165) is 5.56 Å². The molecule has 2 rings (SSSR count). The van der Waals surface area contributed by atoms with Crippen LogP contribution in [0.1, 0.15) is 42.6 Å². The van der Waals surface area contributed by atoms with E-state index in [1.54, 1.807) is 24.3 Å². The van der Waals surface area contributed by atoms with Crippen molar-refractivity contribution in [1.82, 2.24) is 5.32 Å². The van der Waals surface area contributed by atoms with Crippen LogP contribution in [-0.4, -0.2) is 31.6 Å². The number of amides is 1. The lowest BCUT2D eigenvalue weighted by atomic mass is 10.0. The monoisotopic (exact) mass is 369 g/mol. The number of esters is 1. The molecule has 0 heterocycles. The molecular weight excluding hydrogens is 342 g/mol. The van der Waals surface area contributed by atoms with Crippen LogP contribution >= 0.6 is 0 Å². The van der Waals surface area contributed by atoms with Crippen molar-refractivity contribution in [3.05, 3.63) is 65.7 Å². The average Bonchev–Trinajstić information content (AvgIpc) is 2.69. The highest BCUT2D eigenvalue weighted by molar-refractivity contribution is 5.91. The topological polar surface area (TPSA) is 64.6 Å². The number of rotatable bonds is 9. The molecule has 2 aromatic rings. The van der Waals surface area contributed by atoms with Gasteiger partial charge in [0.15, 0.2) is 6.61 Å². The molecule has 0 spiro atoms. The molecule has 0 aliphatic carbocycles. The van der Waals surface area contributed by atoms with E-state index in [4.69, 9.17) is 9.47 Å². The number of benzene rings is 2. The molecule has 1 amide bonds. The minimum atomic E-state index is -0.531. The molecule has 0 bridgehead atoms. The number of carbonyl (C=O) groups is 2. The SMILES string of the molecule is CC(C)COc1ccc(C(=O)OCC(=O)NC[C@@H](C)c2ccccc2)cc1. The molecule has 0 unspecified atom stereocenters. The van der Waals surface area contributed by atoms with Crippen LogP contribution in [0.25, 0.3) is 0 Å². The Morgan fingerprint density at radius 2 is 1.63 bits per heavy atom. The van der Waals surface area contributed by atoms with Crippen molar-refractivity contribution in [2.45, 2.75) is 26.7 Å². The summed E-state index contributed by atoms with van der Waals surface area (Å²) in [7, 11) is 0. The molecular formula is C22H27NO4. The summed E-state index contributed by atoms with van der Waals surface area (Å²) in [5, 5.41) is 2.79. The molecule has 0 radical (unpaired) electrons. The number of hydrogen-bond donors (Lipinski definition) is 1. The summed E-state index contributed by atoms with van der Waals surface area (Å²) in [5.41, 5.74) is 1.53. The van der Waals surface area contributed by atoms with E-state index in [1.165, 1.54) is 0 Å². The third-order valence-electron chi connectivity index (χ3n) is 3.98. The molecule has 5 nitrogen and oxygen atoms in total. The predicted molar refractivity (Wildman–Crippen MR) is 105 cm³/mol. The summed E-state index contributed by atoms with van der Waals surface area (Å²) in [6, 6.07) is 16.6. The molecule has 27 heavy (non-hydrogen) atoms. The van der Waals surface area contributed by atoms with Crippen molar-refractivity contribution >= 4 is 11.9 Å². The quantitative estimate of drug-likeness (QED) is 0.683. The number of ether oxygens (including phenoxy) is 2. The molecule has 0 saturated carbocycles. The van der Waals surface area contributed by atoms with E-state index in [0.29, 0.717) is 30.4 Å². The molecule has 0 aliphatic heterocycles. The molecule has 144 valence electrons. The molecule has 0 fully saturated rings. The van der Waals surface area contributed by atoms with Crippen molar-refractivity contribution in [1.29, 1.82) is 0 Å². The Kier molecular flexibility index (Phi) is 7.86.